The van der Waals surface area contributed by atoms with E-state index in [-0.39, 0.29) is 30.2 Å². The van der Waals surface area contributed by atoms with Crippen molar-refractivity contribution in [2.75, 3.05) is 6.54 Å². The molecular weight excluding hydrogens is 533 g/mol. The molecule has 212 valence electrons. The highest BCUT2D eigenvalue weighted by Crippen LogP contribution is 2.65. The molecule has 0 bridgehead atoms. The third-order valence-electron chi connectivity index (χ3n) is 8.19. The molecular formula is C26H39Cl2N5O5. The first-order valence-electron chi connectivity index (χ1n) is 13.6. The maximum absolute atomic E-state index is 14.0. The molecule has 1 heterocycles. The number of alkyl halides is 2. The fourth-order valence-electron chi connectivity index (χ4n) is 6.03. The Kier molecular flexibility index (Phi) is 8.25. The normalized spacial score (nSPS) is 28.0. The second-order valence-corrected chi connectivity index (χ2v) is 13.9. The molecule has 0 spiro atoms. The molecule has 4 aliphatic rings. The zero-order valence-electron chi connectivity index (χ0n) is 22.2. The number of nitrogens with zero attached hydrogens (tertiary/aromatic N) is 1. The number of likely N-dealkylation sites (tertiary alicyclic amines) is 1. The predicted molar refractivity (Wildman–Crippen MR) is 142 cm³/mol. The molecule has 1 aliphatic heterocycles. The summed E-state index contributed by atoms with van der Waals surface area (Å²) >= 11 is 12.9. The number of nitrogens with one attached hydrogen (secondary N) is 3. The summed E-state index contributed by atoms with van der Waals surface area (Å²) in [4.78, 5) is 66.0. The average Bonchev–Trinajstić information content (AvgIpc) is 3.68. The summed E-state index contributed by atoms with van der Waals surface area (Å²) in [6.07, 6.45) is 6.69. The third kappa shape index (κ3) is 6.38. The monoisotopic (exact) mass is 571 g/mol. The molecule has 0 unspecified atom stereocenters. The fourth-order valence-corrected chi connectivity index (χ4v) is 6.85. The summed E-state index contributed by atoms with van der Waals surface area (Å²) in [6.45, 7) is 5.72. The van der Waals surface area contributed by atoms with E-state index in [0.717, 1.165) is 44.9 Å². The van der Waals surface area contributed by atoms with Crippen LogP contribution in [0.4, 0.5) is 4.79 Å². The van der Waals surface area contributed by atoms with Gasteiger partial charge in [-0.3, -0.25) is 19.2 Å². The average molecular weight is 573 g/mol. The minimum Gasteiger partial charge on any atom is -0.363 e. The van der Waals surface area contributed by atoms with E-state index in [9.17, 15) is 24.0 Å². The Labute approximate surface area is 233 Å². The van der Waals surface area contributed by atoms with Gasteiger partial charge >= 0.3 is 6.03 Å². The van der Waals surface area contributed by atoms with Gasteiger partial charge in [0.1, 0.15) is 16.4 Å². The molecule has 5 amide bonds. The maximum atomic E-state index is 14.0. The molecule has 3 aliphatic carbocycles. The third-order valence-corrected chi connectivity index (χ3v) is 9.25. The molecule has 5 N–H and O–H groups in total. The highest BCUT2D eigenvalue weighted by Gasteiger charge is 2.74. The largest absolute Gasteiger partial charge is 0.363 e. The van der Waals surface area contributed by atoms with Crippen LogP contribution in [-0.2, 0) is 19.2 Å². The number of urea groups is 1. The zero-order chi connectivity index (χ0) is 28.0. The summed E-state index contributed by atoms with van der Waals surface area (Å²) in [5.41, 5.74) is 4.74. The van der Waals surface area contributed by atoms with Crippen LogP contribution in [0.15, 0.2) is 0 Å². The minimum atomic E-state index is -1.17. The second-order valence-electron chi connectivity index (χ2n) is 12.4. The van der Waals surface area contributed by atoms with Crippen molar-refractivity contribution in [1.29, 1.82) is 0 Å². The molecule has 4 rings (SSSR count). The van der Waals surface area contributed by atoms with Crippen LogP contribution in [0.3, 0.4) is 0 Å². The standard InChI is InChI=1S/C26H39Cl2N5O5/c1-25(2,3)32-24(38)31-18(14-7-5-4-6-8-14)23(37)33-12-15-17(26(15,27)28)19(33)22(36)30-16(11-13-9-10-13)20(34)21(29)35/h13-19H,4-12H2,1-3H3,(H2,29,35)(H,30,36)(H2,31,32,38)/t15-,16-,17-,18-,19-/m0/s1. The smallest absolute Gasteiger partial charge is 0.315 e. The van der Waals surface area contributed by atoms with Crippen LogP contribution >= 0.6 is 23.2 Å². The Morgan fingerprint density at radius 1 is 1.00 bits per heavy atom. The van der Waals surface area contributed by atoms with Crippen molar-refractivity contribution in [1.82, 2.24) is 20.9 Å². The summed E-state index contributed by atoms with van der Waals surface area (Å²) in [5.74, 6) is -3.59. The zero-order valence-corrected chi connectivity index (χ0v) is 23.7. The molecule has 1 saturated heterocycles. The number of fused-ring (bicyclic) bond motifs is 1. The topological polar surface area (TPSA) is 151 Å². The highest BCUT2D eigenvalue weighted by molar-refractivity contribution is 6.51. The molecule has 12 heteroatoms. The molecule has 5 atom stereocenters. The van der Waals surface area contributed by atoms with Gasteiger partial charge in [-0.15, -0.1) is 23.2 Å². The first-order valence-corrected chi connectivity index (χ1v) is 14.4. The number of hydrogen-bond donors (Lipinski definition) is 4. The molecule has 0 radical (unpaired) electrons. The Morgan fingerprint density at radius 2 is 1.63 bits per heavy atom. The number of Topliss-reactive ketones (excluding diaryl/α,β-unsaturated/α-hetero) is 1. The quantitative estimate of drug-likeness (QED) is 0.246. The summed E-state index contributed by atoms with van der Waals surface area (Å²) in [5, 5.41) is 8.41. The molecule has 3 saturated carbocycles. The summed E-state index contributed by atoms with van der Waals surface area (Å²) < 4.78 is -1.17. The van der Waals surface area contributed by atoms with Crippen LogP contribution < -0.4 is 21.7 Å². The first-order chi connectivity index (χ1) is 17.7. The van der Waals surface area contributed by atoms with E-state index in [1.807, 2.05) is 20.8 Å². The van der Waals surface area contributed by atoms with E-state index in [0.29, 0.717) is 6.42 Å². The Morgan fingerprint density at radius 3 is 2.18 bits per heavy atom. The maximum Gasteiger partial charge on any atom is 0.315 e. The SMILES string of the molecule is CC(C)(C)NC(=O)N[C@H](C(=O)N1C[C@H]2[C@@H]([C@H]1C(=O)N[C@@H](CC1CC1)C(=O)C(N)=O)C2(Cl)Cl)C1CCCCC1. The lowest BCUT2D eigenvalue weighted by Gasteiger charge is -2.37. The van der Waals surface area contributed by atoms with Gasteiger partial charge in [0.05, 0.1) is 6.04 Å². The van der Waals surface area contributed by atoms with Gasteiger partial charge in [0.25, 0.3) is 5.91 Å². The van der Waals surface area contributed by atoms with Crippen LogP contribution in [0.2, 0.25) is 0 Å². The Balaban J connectivity index is 1.55. The van der Waals surface area contributed by atoms with E-state index < -0.39 is 57.5 Å². The van der Waals surface area contributed by atoms with Gasteiger partial charge in [0, 0.05) is 23.9 Å². The van der Waals surface area contributed by atoms with Gasteiger partial charge in [0.15, 0.2) is 0 Å². The molecule has 0 aromatic heterocycles. The van der Waals surface area contributed by atoms with Gasteiger partial charge in [-0.1, -0.05) is 32.1 Å². The summed E-state index contributed by atoms with van der Waals surface area (Å²) in [7, 11) is 0. The van der Waals surface area contributed by atoms with E-state index in [4.69, 9.17) is 28.9 Å². The number of amides is 5. The number of carbonyl (C=O) groups excluding carboxylic acids is 5. The van der Waals surface area contributed by atoms with Crippen molar-refractivity contribution in [3.05, 3.63) is 0 Å². The van der Waals surface area contributed by atoms with Gasteiger partial charge in [-0.05, 0) is 51.9 Å². The minimum absolute atomic E-state index is 0.0709. The lowest BCUT2D eigenvalue weighted by atomic mass is 9.83. The van der Waals surface area contributed by atoms with Gasteiger partial charge in [0.2, 0.25) is 17.6 Å². The van der Waals surface area contributed by atoms with Crippen molar-refractivity contribution < 1.29 is 24.0 Å². The number of nitrogens with two attached hydrogens (primary N) is 1. The second kappa shape index (κ2) is 10.8. The van der Waals surface area contributed by atoms with Crippen molar-refractivity contribution >= 4 is 52.7 Å². The van der Waals surface area contributed by atoms with Crippen LogP contribution in [-0.4, -0.2) is 69.0 Å². The van der Waals surface area contributed by atoms with Crippen molar-refractivity contribution in [3.8, 4) is 0 Å². The molecule has 10 nitrogen and oxygen atoms in total. The van der Waals surface area contributed by atoms with E-state index in [1.165, 1.54) is 4.90 Å². The predicted octanol–water partition coefficient (Wildman–Crippen LogP) is 2.00. The number of rotatable bonds is 9. The first kappa shape index (κ1) is 28.9. The molecule has 0 aromatic carbocycles. The number of hydrogen-bond acceptors (Lipinski definition) is 5. The van der Waals surface area contributed by atoms with Gasteiger partial charge < -0.3 is 26.6 Å². The number of piperidine rings is 1. The number of halogens is 2. The van der Waals surface area contributed by atoms with Crippen LogP contribution in [0.25, 0.3) is 0 Å². The van der Waals surface area contributed by atoms with E-state index >= 15 is 0 Å². The van der Waals surface area contributed by atoms with E-state index in [2.05, 4.69) is 16.0 Å². The van der Waals surface area contributed by atoms with Crippen LogP contribution in [0, 0.1) is 23.7 Å². The van der Waals surface area contributed by atoms with Crippen LogP contribution in [0.5, 0.6) is 0 Å². The fraction of sp³-hybridized carbons (Fsp3) is 0.808. The van der Waals surface area contributed by atoms with E-state index in [1.54, 1.807) is 0 Å². The number of ketones is 1. The molecule has 0 aromatic rings. The Hall–Kier alpha value is -2.07. The van der Waals surface area contributed by atoms with Crippen molar-refractivity contribution in [2.45, 2.75) is 100 Å². The van der Waals surface area contributed by atoms with Crippen molar-refractivity contribution in [2.24, 2.45) is 29.4 Å². The lowest BCUT2D eigenvalue weighted by molar-refractivity contribution is -0.144. The van der Waals surface area contributed by atoms with Crippen LogP contribution in [0.1, 0.15) is 72.1 Å². The Bertz CT molecular complexity index is 989. The molecule has 4 fully saturated rings. The van der Waals surface area contributed by atoms with Gasteiger partial charge in [-0.25, -0.2) is 4.79 Å². The van der Waals surface area contributed by atoms with Crippen molar-refractivity contribution in [3.63, 3.8) is 0 Å². The highest BCUT2D eigenvalue weighted by atomic mass is 35.5. The number of carbonyl (C=O) groups is 5. The lowest BCUT2D eigenvalue weighted by Crippen LogP contribution is -2.61. The number of primary amides is 1. The van der Waals surface area contributed by atoms with Gasteiger partial charge in [-0.2, -0.15) is 0 Å². The molecule has 38 heavy (non-hydrogen) atoms. The summed E-state index contributed by atoms with van der Waals surface area (Å²) in [6, 6.07) is -3.36.